The molecule has 0 aromatic carbocycles. The second-order valence-corrected chi connectivity index (χ2v) is 3.18. The van der Waals surface area contributed by atoms with Gasteiger partial charge in [-0.15, -0.1) is 0 Å². The van der Waals surface area contributed by atoms with E-state index in [4.69, 9.17) is 0 Å². The molecule has 5 heteroatoms. The van der Waals surface area contributed by atoms with Gasteiger partial charge in [-0.2, -0.15) is 5.10 Å². The summed E-state index contributed by atoms with van der Waals surface area (Å²) in [5.41, 5.74) is 0.553. The summed E-state index contributed by atoms with van der Waals surface area (Å²) in [6.07, 6.45) is 1.60. The highest BCUT2D eigenvalue weighted by atomic mass is 79.9. The smallest absolute Gasteiger partial charge is 0.270 e. The molecule has 1 aromatic rings. The Labute approximate surface area is 79.1 Å². The predicted octanol–water partition coefficient (Wildman–Crippen LogP) is 0.932. The Morgan fingerprint density at radius 1 is 1.83 bits per heavy atom. The second-order valence-electron chi connectivity index (χ2n) is 2.32. The van der Waals surface area contributed by atoms with E-state index in [1.54, 1.807) is 13.2 Å². The number of aromatic nitrogens is 2. The van der Waals surface area contributed by atoms with Gasteiger partial charge in [0.2, 0.25) is 0 Å². The first-order chi connectivity index (χ1) is 5.66. The van der Waals surface area contributed by atoms with Crippen molar-refractivity contribution >= 4 is 21.8 Å². The summed E-state index contributed by atoms with van der Waals surface area (Å²) in [6, 6.07) is 0. The maximum atomic E-state index is 11.3. The van der Waals surface area contributed by atoms with Gasteiger partial charge in [-0.25, -0.2) is 0 Å². The van der Waals surface area contributed by atoms with E-state index in [-0.39, 0.29) is 5.91 Å². The number of nitrogens with zero attached hydrogens (tertiary/aromatic N) is 2. The number of nitrogens with one attached hydrogen (secondary N) is 1. The van der Waals surface area contributed by atoms with E-state index in [1.807, 2.05) is 6.92 Å². The van der Waals surface area contributed by atoms with Crippen molar-refractivity contribution < 1.29 is 4.79 Å². The molecule has 0 bridgehead atoms. The van der Waals surface area contributed by atoms with Crippen molar-refractivity contribution in [1.82, 2.24) is 15.1 Å². The zero-order valence-corrected chi connectivity index (χ0v) is 8.55. The number of halogens is 1. The van der Waals surface area contributed by atoms with Crippen molar-refractivity contribution in [3.05, 3.63) is 16.4 Å². The van der Waals surface area contributed by atoms with Crippen LogP contribution >= 0.6 is 15.9 Å². The molecule has 12 heavy (non-hydrogen) atoms. The maximum absolute atomic E-state index is 11.3. The number of hydrogen-bond donors (Lipinski definition) is 1. The first kappa shape index (κ1) is 9.25. The zero-order valence-electron chi connectivity index (χ0n) is 6.97. The van der Waals surface area contributed by atoms with E-state index >= 15 is 0 Å². The highest BCUT2D eigenvalue weighted by Crippen LogP contribution is 2.14. The summed E-state index contributed by atoms with van der Waals surface area (Å²) in [7, 11) is 1.73. The fraction of sp³-hybridized carbons (Fsp3) is 0.429. The first-order valence-corrected chi connectivity index (χ1v) is 4.41. The lowest BCUT2D eigenvalue weighted by Crippen LogP contribution is -2.25. The fourth-order valence-electron chi connectivity index (χ4n) is 0.910. The molecule has 0 saturated carbocycles. The molecule has 0 fully saturated rings. The van der Waals surface area contributed by atoms with Gasteiger partial charge in [0.15, 0.2) is 0 Å². The largest absolute Gasteiger partial charge is 0.351 e. The van der Waals surface area contributed by atoms with Crippen LogP contribution < -0.4 is 5.32 Å². The fourth-order valence-corrected chi connectivity index (χ4v) is 1.44. The van der Waals surface area contributed by atoms with Crippen LogP contribution in [0.4, 0.5) is 0 Å². The standard InChI is InChI=1S/C7H10BrN3O/c1-3-9-7(12)6-5(8)4-10-11(6)2/h4H,3H2,1-2H3,(H,9,12). The number of carbonyl (C=O) groups excluding carboxylic acids is 1. The lowest BCUT2D eigenvalue weighted by Gasteiger charge is -2.02. The van der Waals surface area contributed by atoms with Crippen molar-refractivity contribution in [2.45, 2.75) is 6.92 Å². The van der Waals surface area contributed by atoms with Gasteiger partial charge in [0.1, 0.15) is 5.69 Å². The van der Waals surface area contributed by atoms with Gasteiger partial charge in [0.05, 0.1) is 10.7 Å². The minimum atomic E-state index is -0.107. The minimum absolute atomic E-state index is 0.107. The van der Waals surface area contributed by atoms with Crippen molar-refractivity contribution in [3.8, 4) is 0 Å². The third-order valence-corrected chi connectivity index (χ3v) is 2.03. The van der Waals surface area contributed by atoms with Crippen LogP contribution in [0.1, 0.15) is 17.4 Å². The van der Waals surface area contributed by atoms with Crippen LogP contribution in [0.2, 0.25) is 0 Å². The van der Waals surface area contributed by atoms with E-state index in [9.17, 15) is 4.79 Å². The van der Waals surface area contributed by atoms with Gasteiger partial charge in [-0.3, -0.25) is 9.48 Å². The molecule has 0 aliphatic rings. The Balaban J connectivity index is 2.93. The molecule has 0 saturated heterocycles. The van der Waals surface area contributed by atoms with Crippen molar-refractivity contribution in [2.24, 2.45) is 7.05 Å². The van der Waals surface area contributed by atoms with Crippen LogP contribution in [0.25, 0.3) is 0 Å². The Hall–Kier alpha value is -0.840. The van der Waals surface area contributed by atoms with Crippen molar-refractivity contribution in [1.29, 1.82) is 0 Å². The van der Waals surface area contributed by atoms with Gasteiger partial charge in [-0.05, 0) is 22.9 Å². The average molecular weight is 232 g/mol. The molecule has 0 unspecified atom stereocenters. The Bertz CT molecular complexity index is 275. The molecule has 1 rings (SSSR count). The quantitative estimate of drug-likeness (QED) is 0.824. The van der Waals surface area contributed by atoms with Crippen LogP contribution in [0.15, 0.2) is 10.7 Å². The van der Waals surface area contributed by atoms with E-state index in [0.717, 1.165) is 4.47 Å². The topological polar surface area (TPSA) is 46.9 Å². The first-order valence-electron chi connectivity index (χ1n) is 3.62. The third-order valence-electron chi connectivity index (χ3n) is 1.45. The van der Waals surface area contributed by atoms with E-state index in [0.29, 0.717) is 12.2 Å². The summed E-state index contributed by atoms with van der Waals surface area (Å²) in [6.45, 7) is 2.50. The number of rotatable bonds is 2. The summed E-state index contributed by atoms with van der Waals surface area (Å²) in [5, 5.41) is 6.63. The molecule has 0 radical (unpaired) electrons. The second kappa shape index (κ2) is 3.71. The maximum Gasteiger partial charge on any atom is 0.270 e. The lowest BCUT2D eigenvalue weighted by atomic mass is 10.4. The highest BCUT2D eigenvalue weighted by molar-refractivity contribution is 9.10. The molecule has 0 aliphatic carbocycles. The van der Waals surface area contributed by atoms with Gasteiger partial charge in [0, 0.05) is 13.6 Å². The van der Waals surface area contributed by atoms with Crippen LogP contribution in [-0.4, -0.2) is 22.2 Å². The third kappa shape index (κ3) is 1.66. The Morgan fingerprint density at radius 2 is 2.50 bits per heavy atom. The average Bonchev–Trinajstić information content (AvgIpc) is 2.32. The monoisotopic (exact) mass is 231 g/mol. The molecular weight excluding hydrogens is 222 g/mol. The van der Waals surface area contributed by atoms with Crippen LogP contribution in [-0.2, 0) is 7.05 Å². The summed E-state index contributed by atoms with van der Waals surface area (Å²) in [4.78, 5) is 11.3. The lowest BCUT2D eigenvalue weighted by molar-refractivity contribution is 0.0945. The highest BCUT2D eigenvalue weighted by Gasteiger charge is 2.13. The van der Waals surface area contributed by atoms with Gasteiger partial charge >= 0.3 is 0 Å². The zero-order chi connectivity index (χ0) is 9.14. The predicted molar refractivity (Wildman–Crippen MR) is 48.9 cm³/mol. The van der Waals surface area contributed by atoms with Crippen molar-refractivity contribution in [2.75, 3.05) is 6.54 Å². The number of amides is 1. The molecule has 0 spiro atoms. The molecule has 0 aliphatic heterocycles. The van der Waals surface area contributed by atoms with E-state index in [2.05, 4.69) is 26.3 Å². The molecule has 1 N–H and O–H groups in total. The van der Waals surface area contributed by atoms with Crippen LogP contribution in [0, 0.1) is 0 Å². The van der Waals surface area contributed by atoms with Crippen LogP contribution in [0.3, 0.4) is 0 Å². The summed E-state index contributed by atoms with van der Waals surface area (Å²) < 4.78 is 2.26. The van der Waals surface area contributed by atoms with E-state index in [1.165, 1.54) is 4.68 Å². The molecule has 1 aromatic heterocycles. The van der Waals surface area contributed by atoms with E-state index < -0.39 is 0 Å². The molecule has 0 atom stereocenters. The minimum Gasteiger partial charge on any atom is -0.351 e. The molecular formula is C7H10BrN3O. The Morgan fingerprint density at radius 3 is 2.92 bits per heavy atom. The Kier molecular flexibility index (Phi) is 2.86. The van der Waals surface area contributed by atoms with Crippen LogP contribution in [0.5, 0.6) is 0 Å². The summed E-state index contributed by atoms with van der Waals surface area (Å²) in [5.74, 6) is -0.107. The molecule has 66 valence electrons. The molecule has 4 nitrogen and oxygen atoms in total. The van der Waals surface area contributed by atoms with Gasteiger partial charge in [-0.1, -0.05) is 0 Å². The number of carbonyl (C=O) groups is 1. The SMILES string of the molecule is CCNC(=O)c1c(Br)cnn1C. The number of aryl methyl sites for hydroxylation is 1. The van der Waals surface area contributed by atoms with Gasteiger partial charge < -0.3 is 5.32 Å². The van der Waals surface area contributed by atoms with Gasteiger partial charge in [0.25, 0.3) is 5.91 Å². The number of hydrogen-bond acceptors (Lipinski definition) is 2. The molecule has 1 amide bonds. The normalized spacial score (nSPS) is 9.92. The van der Waals surface area contributed by atoms with Crippen molar-refractivity contribution in [3.63, 3.8) is 0 Å². The summed E-state index contributed by atoms with van der Waals surface area (Å²) >= 11 is 3.24. The molecule has 1 heterocycles.